The number of nitrogens with zero attached hydrogens (tertiary/aromatic N) is 2. The molecule has 3 rings (SSSR count). The fraction of sp³-hybridized carbons (Fsp3) is 0.562. The average Bonchev–Trinajstić information content (AvgIpc) is 3.01. The largest absolute Gasteiger partial charge is 0.371 e. The van der Waals surface area contributed by atoms with Crippen molar-refractivity contribution >= 4 is 17.3 Å². The van der Waals surface area contributed by atoms with E-state index in [2.05, 4.69) is 16.3 Å². The molecule has 0 bridgehead atoms. The molecular weight excluding hydrogens is 270 g/mol. The maximum atomic E-state index is 8.92. The number of halogens is 1. The van der Waals surface area contributed by atoms with Crippen LogP contribution in [0.4, 0.5) is 5.69 Å². The number of hydrogen-bond acceptors (Lipinski definition) is 3. The molecule has 0 saturated carbocycles. The van der Waals surface area contributed by atoms with E-state index in [-0.39, 0.29) is 0 Å². The Morgan fingerprint density at radius 2 is 2.05 bits per heavy atom. The van der Waals surface area contributed by atoms with Crippen molar-refractivity contribution in [3.05, 3.63) is 28.8 Å². The second kappa shape index (κ2) is 6.03. The highest BCUT2D eigenvalue weighted by atomic mass is 35.5. The van der Waals surface area contributed by atoms with Crippen LogP contribution in [0.1, 0.15) is 31.2 Å². The second-order valence-electron chi connectivity index (χ2n) is 5.80. The maximum Gasteiger partial charge on any atom is 0.101 e. The molecule has 106 valence electrons. The summed E-state index contributed by atoms with van der Waals surface area (Å²) in [7, 11) is 0. The Hall–Kier alpha value is -1.24. The molecule has 2 heterocycles. The van der Waals surface area contributed by atoms with Crippen molar-refractivity contribution in [3.8, 4) is 6.07 Å². The molecule has 2 aliphatic heterocycles. The summed E-state index contributed by atoms with van der Waals surface area (Å²) in [6, 6.07) is 8.61. The third kappa shape index (κ3) is 2.77. The molecule has 4 heteroatoms. The molecule has 0 spiro atoms. The van der Waals surface area contributed by atoms with E-state index in [1.807, 2.05) is 18.2 Å². The van der Waals surface area contributed by atoms with Gasteiger partial charge >= 0.3 is 0 Å². The fourth-order valence-corrected chi connectivity index (χ4v) is 3.68. The van der Waals surface area contributed by atoms with E-state index < -0.39 is 0 Å². The number of nitrogens with one attached hydrogen (secondary N) is 1. The number of rotatable bonds is 2. The van der Waals surface area contributed by atoms with Crippen molar-refractivity contribution < 1.29 is 0 Å². The molecule has 1 N–H and O–H groups in total. The van der Waals surface area contributed by atoms with E-state index in [0.29, 0.717) is 10.6 Å². The molecule has 2 aliphatic rings. The lowest BCUT2D eigenvalue weighted by molar-refractivity contribution is 0.319. The molecule has 1 aromatic rings. The van der Waals surface area contributed by atoms with Gasteiger partial charge in [0.25, 0.3) is 0 Å². The predicted octanol–water partition coefficient (Wildman–Crippen LogP) is 3.18. The second-order valence-corrected chi connectivity index (χ2v) is 6.21. The van der Waals surface area contributed by atoms with Gasteiger partial charge < -0.3 is 10.2 Å². The van der Waals surface area contributed by atoms with E-state index >= 15 is 0 Å². The lowest BCUT2D eigenvalue weighted by Gasteiger charge is -2.36. The summed E-state index contributed by atoms with van der Waals surface area (Å²) in [5, 5.41) is 13.1. The monoisotopic (exact) mass is 289 g/mol. The first-order valence-electron chi connectivity index (χ1n) is 7.46. The molecule has 2 fully saturated rings. The molecule has 20 heavy (non-hydrogen) atoms. The van der Waals surface area contributed by atoms with Gasteiger partial charge in [-0.2, -0.15) is 5.26 Å². The van der Waals surface area contributed by atoms with Crippen molar-refractivity contribution in [1.82, 2.24) is 5.32 Å². The Morgan fingerprint density at radius 1 is 1.25 bits per heavy atom. The smallest absolute Gasteiger partial charge is 0.101 e. The molecule has 0 amide bonds. The highest BCUT2D eigenvalue weighted by molar-refractivity contribution is 6.32. The first-order chi connectivity index (χ1) is 9.78. The van der Waals surface area contributed by atoms with E-state index in [0.717, 1.165) is 30.7 Å². The number of nitriles is 1. The van der Waals surface area contributed by atoms with E-state index in [9.17, 15) is 0 Å². The zero-order valence-corrected chi connectivity index (χ0v) is 12.4. The predicted molar refractivity (Wildman–Crippen MR) is 82.1 cm³/mol. The third-order valence-corrected chi connectivity index (χ3v) is 4.96. The van der Waals surface area contributed by atoms with Gasteiger partial charge in [-0.25, -0.2) is 0 Å². The fourth-order valence-electron chi connectivity index (χ4n) is 3.47. The number of piperidine rings is 1. The zero-order valence-electron chi connectivity index (χ0n) is 11.6. The van der Waals surface area contributed by atoms with Crippen LogP contribution in [-0.4, -0.2) is 25.7 Å². The van der Waals surface area contributed by atoms with Crippen LogP contribution >= 0.6 is 11.6 Å². The molecular formula is C16H20ClN3. The van der Waals surface area contributed by atoms with Crippen LogP contribution in [0.5, 0.6) is 0 Å². The first kappa shape index (κ1) is 13.7. The SMILES string of the molecule is N#Cc1ccc(N2CCC(C3CCCN3)CC2)cc1Cl. The molecule has 0 aromatic heterocycles. The van der Waals surface area contributed by atoms with Crippen molar-refractivity contribution in [2.75, 3.05) is 24.5 Å². The topological polar surface area (TPSA) is 39.1 Å². The van der Waals surface area contributed by atoms with E-state index in [4.69, 9.17) is 16.9 Å². The normalized spacial score (nSPS) is 23.8. The van der Waals surface area contributed by atoms with Crippen LogP contribution in [0.15, 0.2) is 18.2 Å². The molecule has 1 atom stereocenters. The quantitative estimate of drug-likeness (QED) is 0.909. The van der Waals surface area contributed by atoms with Gasteiger partial charge in [-0.1, -0.05) is 11.6 Å². The van der Waals surface area contributed by atoms with Gasteiger partial charge in [-0.05, 0) is 56.3 Å². The van der Waals surface area contributed by atoms with Gasteiger partial charge in [0.15, 0.2) is 0 Å². The Kier molecular flexibility index (Phi) is 4.14. The summed E-state index contributed by atoms with van der Waals surface area (Å²) < 4.78 is 0. The van der Waals surface area contributed by atoms with Crippen LogP contribution in [0.2, 0.25) is 5.02 Å². The van der Waals surface area contributed by atoms with Crippen molar-refractivity contribution in [3.63, 3.8) is 0 Å². The van der Waals surface area contributed by atoms with Gasteiger partial charge in [-0.15, -0.1) is 0 Å². The van der Waals surface area contributed by atoms with Crippen molar-refractivity contribution in [2.24, 2.45) is 5.92 Å². The van der Waals surface area contributed by atoms with Crippen LogP contribution in [-0.2, 0) is 0 Å². The highest BCUT2D eigenvalue weighted by Gasteiger charge is 2.28. The zero-order chi connectivity index (χ0) is 13.9. The molecule has 0 radical (unpaired) electrons. The number of hydrogen-bond donors (Lipinski definition) is 1. The van der Waals surface area contributed by atoms with Gasteiger partial charge in [-0.3, -0.25) is 0 Å². The summed E-state index contributed by atoms with van der Waals surface area (Å²) >= 11 is 6.12. The van der Waals surface area contributed by atoms with Crippen LogP contribution in [0, 0.1) is 17.2 Å². The summed E-state index contributed by atoms with van der Waals surface area (Å²) in [4.78, 5) is 2.39. The third-order valence-electron chi connectivity index (χ3n) is 4.65. The van der Waals surface area contributed by atoms with E-state index in [1.165, 1.54) is 32.2 Å². The van der Waals surface area contributed by atoms with Gasteiger partial charge in [0, 0.05) is 24.8 Å². The Bertz CT molecular complexity index is 509. The molecule has 3 nitrogen and oxygen atoms in total. The highest BCUT2D eigenvalue weighted by Crippen LogP contribution is 2.30. The first-order valence-corrected chi connectivity index (χ1v) is 7.83. The minimum atomic E-state index is 0.556. The number of anilines is 1. The maximum absolute atomic E-state index is 8.92. The molecule has 2 saturated heterocycles. The summed E-state index contributed by atoms with van der Waals surface area (Å²) in [6.45, 7) is 3.37. The minimum Gasteiger partial charge on any atom is -0.371 e. The summed E-state index contributed by atoms with van der Waals surface area (Å²) in [6.07, 6.45) is 5.16. The van der Waals surface area contributed by atoms with Gasteiger partial charge in [0.2, 0.25) is 0 Å². The van der Waals surface area contributed by atoms with Crippen LogP contribution < -0.4 is 10.2 Å². The minimum absolute atomic E-state index is 0.556. The van der Waals surface area contributed by atoms with Crippen molar-refractivity contribution in [2.45, 2.75) is 31.7 Å². The van der Waals surface area contributed by atoms with Gasteiger partial charge in [0.1, 0.15) is 6.07 Å². The standard InChI is InChI=1S/C16H20ClN3/c17-15-10-14(4-3-13(15)11-18)20-8-5-12(6-9-20)16-2-1-7-19-16/h3-4,10,12,16,19H,1-2,5-9H2. The molecule has 1 unspecified atom stereocenters. The van der Waals surface area contributed by atoms with Gasteiger partial charge in [0.05, 0.1) is 10.6 Å². The summed E-state index contributed by atoms with van der Waals surface area (Å²) in [5.41, 5.74) is 1.70. The van der Waals surface area contributed by atoms with Crippen LogP contribution in [0.25, 0.3) is 0 Å². The molecule has 0 aliphatic carbocycles. The lowest BCUT2D eigenvalue weighted by Crippen LogP contribution is -2.40. The number of benzene rings is 1. The molecule has 1 aromatic carbocycles. The Morgan fingerprint density at radius 3 is 2.65 bits per heavy atom. The lowest BCUT2D eigenvalue weighted by atomic mass is 9.88. The Labute approximate surface area is 125 Å². The van der Waals surface area contributed by atoms with Crippen molar-refractivity contribution in [1.29, 1.82) is 5.26 Å². The van der Waals surface area contributed by atoms with E-state index in [1.54, 1.807) is 0 Å². The summed E-state index contributed by atoms with van der Waals surface area (Å²) in [5.74, 6) is 0.822. The van der Waals surface area contributed by atoms with Crippen LogP contribution in [0.3, 0.4) is 0 Å². The average molecular weight is 290 g/mol. The Balaban J connectivity index is 1.63.